The van der Waals surface area contributed by atoms with E-state index in [-0.39, 0.29) is 5.41 Å². The summed E-state index contributed by atoms with van der Waals surface area (Å²) < 4.78 is 0. The standard InChI is InChI=1S/C8H14O/c1-3-8(2)6-4-5-7(8)9/h3-6H2,1-2H3/t8-/m1/s1. The van der Waals surface area contributed by atoms with Crippen molar-refractivity contribution in [1.82, 2.24) is 0 Å². The molecule has 1 heteroatoms. The summed E-state index contributed by atoms with van der Waals surface area (Å²) in [4.78, 5) is 11.1. The molecule has 0 saturated heterocycles. The van der Waals surface area contributed by atoms with Crippen LogP contribution in [0.1, 0.15) is 39.5 Å². The molecule has 0 aromatic rings. The van der Waals surface area contributed by atoms with Gasteiger partial charge in [0.25, 0.3) is 0 Å². The van der Waals surface area contributed by atoms with E-state index in [0.717, 1.165) is 25.7 Å². The van der Waals surface area contributed by atoms with Crippen LogP contribution < -0.4 is 0 Å². The molecule has 1 fully saturated rings. The third-order valence-corrected chi connectivity index (χ3v) is 2.59. The minimum absolute atomic E-state index is 0.0556. The first-order valence-electron chi connectivity index (χ1n) is 3.72. The van der Waals surface area contributed by atoms with Crippen LogP contribution in [0.4, 0.5) is 0 Å². The molecule has 0 amide bonds. The predicted molar refractivity (Wildman–Crippen MR) is 37.3 cm³/mol. The lowest BCUT2D eigenvalue weighted by Crippen LogP contribution is -2.19. The Balaban J connectivity index is 2.67. The van der Waals surface area contributed by atoms with Gasteiger partial charge in [-0.15, -0.1) is 0 Å². The fraction of sp³-hybridized carbons (Fsp3) is 0.875. The fourth-order valence-corrected chi connectivity index (χ4v) is 1.45. The number of Topliss-reactive ketones (excluding diaryl/α,β-unsaturated/α-hetero) is 1. The van der Waals surface area contributed by atoms with Crippen molar-refractivity contribution in [3.8, 4) is 0 Å². The van der Waals surface area contributed by atoms with E-state index in [1.54, 1.807) is 0 Å². The number of carbonyl (C=O) groups excluding carboxylic acids is 1. The van der Waals surface area contributed by atoms with E-state index >= 15 is 0 Å². The molecule has 9 heavy (non-hydrogen) atoms. The van der Waals surface area contributed by atoms with Crippen LogP contribution in [-0.4, -0.2) is 5.78 Å². The predicted octanol–water partition coefficient (Wildman–Crippen LogP) is 2.16. The molecule has 0 bridgehead atoms. The van der Waals surface area contributed by atoms with E-state index in [4.69, 9.17) is 0 Å². The van der Waals surface area contributed by atoms with Crippen LogP contribution in [0.2, 0.25) is 0 Å². The normalized spacial score (nSPS) is 35.6. The quantitative estimate of drug-likeness (QED) is 0.526. The maximum Gasteiger partial charge on any atom is 0.138 e. The molecule has 1 saturated carbocycles. The highest BCUT2D eigenvalue weighted by Crippen LogP contribution is 2.36. The molecule has 1 atom stereocenters. The Hall–Kier alpha value is -0.330. The molecule has 1 nitrogen and oxygen atoms in total. The van der Waals surface area contributed by atoms with E-state index in [1.165, 1.54) is 0 Å². The Morgan fingerprint density at radius 2 is 2.33 bits per heavy atom. The molecule has 0 N–H and O–H groups in total. The third kappa shape index (κ3) is 1.00. The van der Waals surface area contributed by atoms with Crippen molar-refractivity contribution >= 4 is 5.78 Å². The van der Waals surface area contributed by atoms with Gasteiger partial charge in [-0.3, -0.25) is 4.79 Å². The Morgan fingerprint density at radius 1 is 1.67 bits per heavy atom. The van der Waals surface area contributed by atoms with Crippen LogP contribution in [0.25, 0.3) is 0 Å². The Bertz CT molecular complexity index is 129. The first-order valence-corrected chi connectivity index (χ1v) is 3.72. The molecule has 1 aliphatic rings. The van der Waals surface area contributed by atoms with Crippen molar-refractivity contribution in [2.75, 3.05) is 0 Å². The van der Waals surface area contributed by atoms with Crippen molar-refractivity contribution < 1.29 is 4.79 Å². The molecule has 0 unspecified atom stereocenters. The van der Waals surface area contributed by atoms with E-state index in [9.17, 15) is 4.79 Å². The summed E-state index contributed by atoms with van der Waals surface area (Å²) in [5.41, 5.74) is 0.0556. The molecule has 1 rings (SSSR count). The van der Waals surface area contributed by atoms with Crippen LogP contribution in [0.15, 0.2) is 0 Å². The maximum absolute atomic E-state index is 11.1. The lowest BCUT2D eigenvalue weighted by Gasteiger charge is -2.17. The van der Waals surface area contributed by atoms with Gasteiger partial charge in [0, 0.05) is 11.8 Å². The van der Waals surface area contributed by atoms with Gasteiger partial charge in [-0.25, -0.2) is 0 Å². The van der Waals surface area contributed by atoms with Gasteiger partial charge >= 0.3 is 0 Å². The average Bonchev–Trinajstić information content (AvgIpc) is 2.15. The highest BCUT2D eigenvalue weighted by Gasteiger charge is 2.34. The molecule has 0 heterocycles. The van der Waals surface area contributed by atoms with Gasteiger partial charge in [-0.2, -0.15) is 0 Å². The molecule has 0 aromatic carbocycles. The van der Waals surface area contributed by atoms with Gasteiger partial charge in [0.2, 0.25) is 0 Å². The molecule has 0 spiro atoms. The first kappa shape index (κ1) is 6.79. The topological polar surface area (TPSA) is 17.1 Å². The van der Waals surface area contributed by atoms with Crippen molar-refractivity contribution in [3.63, 3.8) is 0 Å². The largest absolute Gasteiger partial charge is 0.299 e. The summed E-state index contributed by atoms with van der Waals surface area (Å²) >= 11 is 0. The van der Waals surface area contributed by atoms with Crippen LogP contribution in [-0.2, 0) is 4.79 Å². The molecular formula is C8H14O. The SMILES string of the molecule is CC[C@]1(C)CCCC1=O. The van der Waals surface area contributed by atoms with Crippen LogP contribution in [0, 0.1) is 5.41 Å². The van der Waals surface area contributed by atoms with Crippen molar-refractivity contribution in [2.24, 2.45) is 5.41 Å². The lowest BCUT2D eigenvalue weighted by atomic mass is 9.85. The monoisotopic (exact) mass is 126 g/mol. The Labute approximate surface area is 56.4 Å². The van der Waals surface area contributed by atoms with E-state index < -0.39 is 0 Å². The van der Waals surface area contributed by atoms with Crippen LogP contribution >= 0.6 is 0 Å². The summed E-state index contributed by atoms with van der Waals surface area (Å²) in [6, 6.07) is 0. The van der Waals surface area contributed by atoms with E-state index in [1.807, 2.05) is 0 Å². The van der Waals surface area contributed by atoms with Crippen molar-refractivity contribution in [1.29, 1.82) is 0 Å². The number of ketones is 1. The Kier molecular flexibility index (Phi) is 1.60. The van der Waals surface area contributed by atoms with Gasteiger partial charge < -0.3 is 0 Å². The fourth-order valence-electron chi connectivity index (χ4n) is 1.45. The van der Waals surface area contributed by atoms with Crippen molar-refractivity contribution in [3.05, 3.63) is 0 Å². The molecule has 0 aliphatic heterocycles. The van der Waals surface area contributed by atoms with Crippen molar-refractivity contribution in [2.45, 2.75) is 39.5 Å². The van der Waals surface area contributed by atoms with E-state index in [0.29, 0.717) is 5.78 Å². The summed E-state index contributed by atoms with van der Waals surface area (Å²) in [6.07, 6.45) is 4.07. The zero-order valence-electron chi connectivity index (χ0n) is 6.24. The molecule has 1 aliphatic carbocycles. The number of carbonyl (C=O) groups is 1. The summed E-state index contributed by atoms with van der Waals surface area (Å²) in [7, 11) is 0. The molecule has 52 valence electrons. The Morgan fingerprint density at radius 3 is 2.56 bits per heavy atom. The summed E-state index contributed by atoms with van der Waals surface area (Å²) in [5, 5.41) is 0. The maximum atomic E-state index is 11.1. The number of hydrogen-bond acceptors (Lipinski definition) is 1. The second-order valence-electron chi connectivity index (χ2n) is 3.19. The zero-order valence-corrected chi connectivity index (χ0v) is 6.24. The van der Waals surface area contributed by atoms with Gasteiger partial charge in [0.1, 0.15) is 5.78 Å². The minimum atomic E-state index is 0.0556. The molecule has 0 aromatic heterocycles. The van der Waals surface area contributed by atoms with Gasteiger partial charge in [-0.1, -0.05) is 13.8 Å². The minimum Gasteiger partial charge on any atom is -0.299 e. The molecule has 0 radical (unpaired) electrons. The highest BCUT2D eigenvalue weighted by atomic mass is 16.1. The van der Waals surface area contributed by atoms with E-state index in [2.05, 4.69) is 13.8 Å². The average molecular weight is 126 g/mol. The zero-order chi connectivity index (χ0) is 6.91. The smallest absolute Gasteiger partial charge is 0.138 e. The first-order chi connectivity index (χ1) is 4.19. The van der Waals surface area contributed by atoms with Gasteiger partial charge in [0.15, 0.2) is 0 Å². The second-order valence-corrected chi connectivity index (χ2v) is 3.19. The van der Waals surface area contributed by atoms with Gasteiger partial charge in [-0.05, 0) is 19.3 Å². The van der Waals surface area contributed by atoms with Crippen LogP contribution in [0.3, 0.4) is 0 Å². The lowest BCUT2D eigenvalue weighted by molar-refractivity contribution is -0.125. The number of rotatable bonds is 1. The highest BCUT2D eigenvalue weighted by molar-refractivity contribution is 5.86. The van der Waals surface area contributed by atoms with Gasteiger partial charge in [0.05, 0.1) is 0 Å². The summed E-state index contributed by atoms with van der Waals surface area (Å²) in [5.74, 6) is 0.477. The van der Waals surface area contributed by atoms with Crippen LogP contribution in [0.5, 0.6) is 0 Å². The number of hydrogen-bond donors (Lipinski definition) is 0. The molecular weight excluding hydrogens is 112 g/mol. The third-order valence-electron chi connectivity index (χ3n) is 2.59. The second kappa shape index (κ2) is 2.13. The summed E-state index contributed by atoms with van der Waals surface area (Å²) in [6.45, 7) is 4.19.